The number of rotatable bonds is 5. The summed E-state index contributed by atoms with van der Waals surface area (Å²) in [5, 5.41) is 8.59. The maximum absolute atomic E-state index is 6.01. The minimum Gasteiger partial charge on any atom is -0.244 e. The molecular formula is C22H19ClN4S. The summed E-state index contributed by atoms with van der Waals surface area (Å²) in [6.07, 6.45) is 3.86. The molecule has 140 valence electrons. The molecule has 5 rings (SSSR count). The predicted octanol–water partition coefficient (Wildman–Crippen LogP) is 6.19. The molecule has 1 aliphatic rings. The van der Waals surface area contributed by atoms with Crippen molar-refractivity contribution in [3.63, 3.8) is 0 Å². The molecule has 0 bridgehead atoms. The van der Waals surface area contributed by atoms with Gasteiger partial charge in [0, 0.05) is 28.1 Å². The van der Waals surface area contributed by atoms with Gasteiger partial charge in [-0.2, -0.15) is 5.10 Å². The lowest BCUT2D eigenvalue weighted by atomic mass is 9.85. The topological polar surface area (TPSA) is 43.6 Å². The average molecular weight is 407 g/mol. The van der Waals surface area contributed by atoms with Crippen molar-refractivity contribution < 1.29 is 0 Å². The Labute approximate surface area is 172 Å². The van der Waals surface area contributed by atoms with Crippen molar-refractivity contribution in [2.75, 3.05) is 0 Å². The maximum atomic E-state index is 6.01. The molecule has 2 heterocycles. The molecule has 4 aromatic rings. The summed E-state index contributed by atoms with van der Waals surface area (Å²) in [6.45, 7) is 0.906. The molecule has 0 spiro atoms. The Morgan fingerprint density at radius 1 is 0.964 bits per heavy atom. The van der Waals surface area contributed by atoms with Crippen LogP contribution in [0.15, 0.2) is 60.0 Å². The molecule has 4 nitrogen and oxygen atoms in total. The highest BCUT2D eigenvalue weighted by Crippen LogP contribution is 2.33. The van der Waals surface area contributed by atoms with Gasteiger partial charge in [-0.05, 0) is 30.9 Å². The quantitative estimate of drug-likeness (QED) is 0.397. The van der Waals surface area contributed by atoms with Crippen molar-refractivity contribution in [2.24, 2.45) is 5.92 Å². The second-order valence-electron chi connectivity index (χ2n) is 7.15. The number of aromatic nitrogens is 4. The van der Waals surface area contributed by atoms with Crippen molar-refractivity contribution in [1.82, 2.24) is 19.7 Å². The highest BCUT2D eigenvalue weighted by Gasteiger charge is 2.23. The van der Waals surface area contributed by atoms with Gasteiger partial charge in [0.2, 0.25) is 0 Å². The van der Waals surface area contributed by atoms with Gasteiger partial charge in [0.15, 0.2) is 11.6 Å². The van der Waals surface area contributed by atoms with E-state index in [1.165, 1.54) is 19.3 Å². The smallest absolute Gasteiger partial charge is 0.181 e. The van der Waals surface area contributed by atoms with Crippen LogP contribution in [0.5, 0.6) is 0 Å². The van der Waals surface area contributed by atoms with Crippen LogP contribution >= 0.6 is 22.9 Å². The van der Waals surface area contributed by atoms with Crippen LogP contribution in [0.1, 0.15) is 19.3 Å². The molecule has 0 unspecified atom stereocenters. The molecule has 0 saturated heterocycles. The number of hydrogen-bond donors (Lipinski definition) is 0. The Hall–Kier alpha value is -2.50. The van der Waals surface area contributed by atoms with Gasteiger partial charge < -0.3 is 0 Å². The van der Waals surface area contributed by atoms with E-state index in [4.69, 9.17) is 26.7 Å². The normalized spacial score (nSPS) is 14.2. The summed E-state index contributed by atoms with van der Waals surface area (Å²) in [5.41, 5.74) is 2.97. The zero-order chi connectivity index (χ0) is 18.9. The number of nitrogens with zero attached hydrogens (tertiary/aromatic N) is 4. The van der Waals surface area contributed by atoms with E-state index in [1.807, 2.05) is 59.3 Å². The lowest BCUT2D eigenvalue weighted by molar-refractivity contribution is 0.267. The van der Waals surface area contributed by atoms with Crippen LogP contribution in [0.2, 0.25) is 5.02 Å². The Balaban J connectivity index is 1.52. The highest BCUT2D eigenvalue weighted by molar-refractivity contribution is 7.13. The molecule has 0 amide bonds. The molecule has 0 atom stereocenters. The number of hydrogen-bond acceptors (Lipinski definition) is 4. The van der Waals surface area contributed by atoms with Gasteiger partial charge >= 0.3 is 0 Å². The minimum absolute atomic E-state index is 0.693. The molecule has 0 aliphatic heterocycles. The fourth-order valence-electron chi connectivity index (χ4n) is 3.39. The maximum Gasteiger partial charge on any atom is 0.181 e. The summed E-state index contributed by atoms with van der Waals surface area (Å²) in [7, 11) is 0. The van der Waals surface area contributed by atoms with Crippen LogP contribution in [0, 0.1) is 5.92 Å². The van der Waals surface area contributed by atoms with Crippen molar-refractivity contribution in [2.45, 2.75) is 25.8 Å². The van der Waals surface area contributed by atoms with E-state index in [0.29, 0.717) is 5.92 Å². The van der Waals surface area contributed by atoms with Crippen LogP contribution in [0.3, 0.4) is 0 Å². The molecule has 1 aliphatic carbocycles. The molecule has 1 fully saturated rings. The Morgan fingerprint density at radius 2 is 1.75 bits per heavy atom. The monoisotopic (exact) mass is 406 g/mol. The van der Waals surface area contributed by atoms with Crippen molar-refractivity contribution in [1.29, 1.82) is 0 Å². The van der Waals surface area contributed by atoms with Gasteiger partial charge in [-0.1, -0.05) is 60.5 Å². The van der Waals surface area contributed by atoms with Crippen LogP contribution in [0.25, 0.3) is 33.5 Å². The first-order valence-electron chi connectivity index (χ1n) is 9.48. The van der Waals surface area contributed by atoms with Crippen LogP contribution in [0.4, 0.5) is 0 Å². The summed E-state index contributed by atoms with van der Waals surface area (Å²) in [4.78, 5) is 9.71. The summed E-state index contributed by atoms with van der Waals surface area (Å²) in [5.74, 6) is 2.30. The molecule has 0 radical (unpaired) electrons. The van der Waals surface area contributed by atoms with E-state index in [2.05, 4.69) is 5.38 Å². The van der Waals surface area contributed by atoms with Crippen molar-refractivity contribution in [3.8, 4) is 33.5 Å². The molecule has 0 N–H and O–H groups in total. The predicted molar refractivity (Wildman–Crippen MR) is 114 cm³/mol. The second kappa shape index (κ2) is 7.49. The molecule has 1 saturated carbocycles. The van der Waals surface area contributed by atoms with E-state index in [9.17, 15) is 0 Å². The minimum atomic E-state index is 0.693. The van der Waals surface area contributed by atoms with E-state index in [0.717, 1.165) is 45.0 Å². The average Bonchev–Trinajstić information content (AvgIpc) is 3.33. The Bertz CT molecular complexity index is 1080. The van der Waals surface area contributed by atoms with Crippen molar-refractivity contribution in [3.05, 3.63) is 65.0 Å². The third-order valence-corrected chi connectivity index (χ3v) is 6.33. The molecule has 28 heavy (non-hydrogen) atoms. The van der Waals surface area contributed by atoms with Crippen LogP contribution in [-0.4, -0.2) is 19.7 Å². The van der Waals surface area contributed by atoms with Gasteiger partial charge in [0.05, 0.1) is 0 Å². The second-order valence-corrected chi connectivity index (χ2v) is 8.44. The first kappa shape index (κ1) is 17.6. The van der Waals surface area contributed by atoms with Gasteiger partial charge in [0.25, 0.3) is 0 Å². The SMILES string of the molecule is Clc1ccc(-c2nc(-c3nc(-c4ccccc4)nn3CC3CCC3)cs2)cc1. The van der Waals surface area contributed by atoms with Gasteiger partial charge in [-0.3, -0.25) is 0 Å². The number of halogens is 1. The number of thiazole rings is 1. The molecule has 2 aromatic carbocycles. The zero-order valence-corrected chi connectivity index (χ0v) is 16.8. The highest BCUT2D eigenvalue weighted by atomic mass is 35.5. The fourth-order valence-corrected chi connectivity index (χ4v) is 4.32. The van der Waals surface area contributed by atoms with Gasteiger partial charge in [-0.15, -0.1) is 11.3 Å². The largest absolute Gasteiger partial charge is 0.244 e. The van der Waals surface area contributed by atoms with E-state index < -0.39 is 0 Å². The van der Waals surface area contributed by atoms with Crippen LogP contribution < -0.4 is 0 Å². The van der Waals surface area contributed by atoms with Crippen molar-refractivity contribution >= 4 is 22.9 Å². The van der Waals surface area contributed by atoms with Crippen LogP contribution in [-0.2, 0) is 6.54 Å². The zero-order valence-electron chi connectivity index (χ0n) is 15.3. The van der Waals surface area contributed by atoms with E-state index >= 15 is 0 Å². The van der Waals surface area contributed by atoms with E-state index in [-0.39, 0.29) is 0 Å². The standard InChI is InChI=1S/C22H19ClN4S/c23-18-11-9-17(10-12-18)22-24-19(14-28-22)21-25-20(16-7-2-1-3-8-16)26-27(21)13-15-5-4-6-15/h1-3,7-12,14-15H,4-6,13H2. The van der Waals surface area contributed by atoms with E-state index in [1.54, 1.807) is 11.3 Å². The first-order chi connectivity index (χ1) is 13.8. The molecular weight excluding hydrogens is 388 g/mol. The van der Waals surface area contributed by atoms with Gasteiger partial charge in [-0.25, -0.2) is 14.6 Å². The molecule has 2 aromatic heterocycles. The molecule has 6 heteroatoms. The summed E-state index contributed by atoms with van der Waals surface area (Å²) in [6, 6.07) is 17.9. The summed E-state index contributed by atoms with van der Waals surface area (Å²) >= 11 is 7.63. The fraction of sp³-hybridized carbons (Fsp3) is 0.227. The lowest BCUT2D eigenvalue weighted by Crippen LogP contribution is -2.19. The third-order valence-electron chi connectivity index (χ3n) is 5.18. The third kappa shape index (κ3) is 3.48. The Kier molecular flexibility index (Phi) is 4.71. The van der Waals surface area contributed by atoms with Gasteiger partial charge in [0.1, 0.15) is 10.7 Å². The first-order valence-corrected chi connectivity index (χ1v) is 10.7. The summed E-state index contributed by atoms with van der Waals surface area (Å²) < 4.78 is 2.05. The number of benzene rings is 2. The Morgan fingerprint density at radius 3 is 2.46 bits per heavy atom. The lowest BCUT2D eigenvalue weighted by Gasteiger charge is -2.25.